The summed E-state index contributed by atoms with van der Waals surface area (Å²) < 4.78 is 29.7. The average Bonchev–Trinajstić information content (AvgIpc) is 2.92. The minimum Gasteiger partial charge on any atom is -0.457 e. The van der Waals surface area contributed by atoms with E-state index in [1.165, 1.54) is 35.7 Å². The van der Waals surface area contributed by atoms with Crippen molar-refractivity contribution < 1.29 is 23.2 Å². The van der Waals surface area contributed by atoms with Crippen LogP contribution in [-0.2, 0) is 11.3 Å². The number of carbonyl (C=O) groups is 1. The van der Waals surface area contributed by atoms with Gasteiger partial charge < -0.3 is 4.74 Å². The van der Waals surface area contributed by atoms with Gasteiger partial charge in [-0.05, 0) is 29.1 Å². The minimum atomic E-state index is -2.61. The van der Waals surface area contributed by atoms with Crippen molar-refractivity contribution >= 4 is 34.8 Å². The molecule has 0 fully saturated rings. The number of non-ortho nitro benzene ring substituents is 1. The predicted octanol–water partition coefficient (Wildman–Crippen LogP) is 4.33. The number of benzene rings is 1. The van der Waals surface area contributed by atoms with Crippen LogP contribution in [0.25, 0.3) is 0 Å². The molecule has 0 N–H and O–H groups in total. The Morgan fingerprint density at radius 3 is 2.59 bits per heavy atom. The quantitative estimate of drug-likeness (QED) is 0.337. The Morgan fingerprint density at radius 2 is 2.00 bits per heavy atom. The predicted molar refractivity (Wildman–Crippen MR) is 78.4 cm³/mol. The summed E-state index contributed by atoms with van der Waals surface area (Å²) in [4.78, 5) is 22.2. The summed E-state index contributed by atoms with van der Waals surface area (Å²) in [5, 5.41) is 12.1. The number of hydrogen-bond donors (Lipinski definition) is 0. The fourth-order valence-corrected chi connectivity index (χ4v) is 3.15. The molecule has 0 atom stereocenters. The number of thioether (sulfide) groups is 1. The zero-order valence-electron chi connectivity index (χ0n) is 10.9. The first kappa shape index (κ1) is 16.4. The van der Waals surface area contributed by atoms with Crippen LogP contribution in [-0.4, -0.2) is 16.7 Å². The number of alkyl halides is 2. The lowest BCUT2D eigenvalue weighted by molar-refractivity contribution is -0.384. The zero-order valence-corrected chi connectivity index (χ0v) is 12.5. The molecule has 0 bridgehead atoms. The van der Waals surface area contributed by atoms with Gasteiger partial charge in [-0.3, -0.25) is 10.1 Å². The average molecular weight is 345 g/mol. The molecule has 0 amide bonds. The Kier molecular flexibility index (Phi) is 5.45. The number of nitrogens with zero attached hydrogens (tertiary/aromatic N) is 1. The van der Waals surface area contributed by atoms with Gasteiger partial charge in [0.1, 0.15) is 11.5 Å². The lowest BCUT2D eigenvalue weighted by Crippen LogP contribution is -2.04. The first-order valence-corrected chi connectivity index (χ1v) is 7.66. The number of halogens is 2. The standard InChI is InChI=1S/C13H9F2NO4S2/c14-13(15)22-10-5-6-21-11(10)12(17)20-7-8-1-3-9(4-2-8)16(18)19/h1-6,13H,7H2. The largest absolute Gasteiger partial charge is 0.457 e. The van der Waals surface area contributed by atoms with Gasteiger partial charge in [0.15, 0.2) is 0 Å². The van der Waals surface area contributed by atoms with E-state index in [9.17, 15) is 23.7 Å². The van der Waals surface area contributed by atoms with Crippen LogP contribution in [0.1, 0.15) is 15.2 Å². The maximum atomic E-state index is 12.4. The molecular formula is C13H9F2NO4S2. The van der Waals surface area contributed by atoms with Gasteiger partial charge in [0.05, 0.1) is 4.92 Å². The molecule has 116 valence electrons. The molecular weight excluding hydrogens is 336 g/mol. The highest BCUT2D eigenvalue weighted by atomic mass is 32.2. The number of rotatable bonds is 6. The van der Waals surface area contributed by atoms with Gasteiger partial charge in [-0.15, -0.1) is 11.3 Å². The van der Waals surface area contributed by atoms with Crippen molar-refractivity contribution in [1.82, 2.24) is 0 Å². The summed E-state index contributed by atoms with van der Waals surface area (Å²) in [5.74, 6) is -3.31. The van der Waals surface area contributed by atoms with E-state index in [1.54, 1.807) is 0 Å². The normalized spacial score (nSPS) is 10.7. The Labute approximate surface area is 132 Å². The molecule has 0 aliphatic carbocycles. The van der Waals surface area contributed by atoms with Crippen LogP contribution in [0.15, 0.2) is 40.6 Å². The monoisotopic (exact) mass is 345 g/mol. The first-order valence-electron chi connectivity index (χ1n) is 5.90. The molecule has 9 heteroatoms. The lowest BCUT2D eigenvalue weighted by atomic mass is 10.2. The van der Waals surface area contributed by atoms with Gasteiger partial charge in [0.25, 0.3) is 11.4 Å². The summed E-state index contributed by atoms with van der Waals surface area (Å²) in [5.41, 5.74) is 0.502. The molecule has 0 aliphatic heterocycles. The Morgan fingerprint density at radius 1 is 1.32 bits per heavy atom. The number of esters is 1. The summed E-state index contributed by atoms with van der Waals surface area (Å²) in [6.07, 6.45) is 0. The number of carbonyl (C=O) groups excluding carboxylic acids is 1. The van der Waals surface area contributed by atoms with Crippen molar-refractivity contribution in [2.75, 3.05) is 0 Å². The molecule has 5 nitrogen and oxygen atoms in total. The third-order valence-electron chi connectivity index (χ3n) is 2.55. The Balaban J connectivity index is 1.98. The van der Waals surface area contributed by atoms with Crippen LogP contribution in [0.3, 0.4) is 0 Å². The van der Waals surface area contributed by atoms with Gasteiger partial charge in [-0.25, -0.2) is 4.79 Å². The van der Waals surface area contributed by atoms with E-state index in [0.29, 0.717) is 5.56 Å². The topological polar surface area (TPSA) is 69.4 Å². The van der Waals surface area contributed by atoms with Gasteiger partial charge in [-0.2, -0.15) is 8.78 Å². The molecule has 1 aromatic heterocycles. The number of thiophene rings is 1. The van der Waals surface area contributed by atoms with Crippen LogP contribution in [0, 0.1) is 10.1 Å². The second kappa shape index (κ2) is 7.32. The fraction of sp³-hybridized carbons (Fsp3) is 0.154. The van der Waals surface area contributed by atoms with Crippen LogP contribution >= 0.6 is 23.1 Å². The highest BCUT2D eigenvalue weighted by molar-refractivity contribution is 7.99. The van der Waals surface area contributed by atoms with E-state index in [0.717, 1.165) is 11.3 Å². The van der Waals surface area contributed by atoms with Gasteiger partial charge in [-0.1, -0.05) is 11.8 Å². The molecule has 0 saturated heterocycles. The van der Waals surface area contributed by atoms with Crippen molar-refractivity contribution in [2.24, 2.45) is 0 Å². The van der Waals surface area contributed by atoms with Crippen molar-refractivity contribution in [3.8, 4) is 0 Å². The molecule has 0 aliphatic rings. The fourth-order valence-electron chi connectivity index (χ4n) is 1.56. The van der Waals surface area contributed by atoms with Gasteiger partial charge in [0.2, 0.25) is 0 Å². The number of hydrogen-bond acceptors (Lipinski definition) is 6. The molecule has 0 saturated carbocycles. The van der Waals surface area contributed by atoms with E-state index in [2.05, 4.69) is 0 Å². The zero-order chi connectivity index (χ0) is 16.1. The summed E-state index contributed by atoms with van der Waals surface area (Å²) in [7, 11) is 0. The number of nitro groups is 1. The maximum absolute atomic E-state index is 12.4. The van der Waals surface area contributed by atoms with E-state index >= 15 is 0 Å². The molecule has 0 unspecified atom stereocenters. The van der Waals surface area contributed by atoms with E-state index < -0.39 is 16.7 Å². The second-order valence-corrected chi connectivity index (χ2v) is 5.94. The van der Waals surface area contributed by atoms with E-state index in [4.69, 9.17) is 4.74 Å². The smallest absolute Gasteiger partial charge is 0.349 e. The molecule has 2 rings (SSSR count). The van der Waals surface area contributed by atoms with Crippen molar-refractivity contribution in [1.29, 1.82) is 0 Å². The van der Waals surface area contributed by atoms with E-state index in [1.807, 2.05) is 0 Å². The highest BCUT2D eigenvalue weighted by Gasteiger charge is 2.18. The highest BCUT2D eigenvalue weighted by Crippen LogP contribution is 2.32. The Hall–Kier alpha value is -2.00. The third-order valence-corrected chi connectivity index (χ3v) is 4.34. The SMILES string of the molecule is O=C(OCc1ccc([N+](=O)[O-])cc1)c1sccc1SC(F)F. The summed E-state index contributed by atoms with van der Waals surface area (Å²) in [6.45, 7) is -0.0898. The summed E-state index contributed by atoms with van der Waals surface area (Å²) >= 11 is 1.31. The maximum Gasteiger partial charge on any atom is 0.349 e. The van der Waals surface area contributed by atoms with E-state index in [-0.39, 0.29) is 33.8 Å². The molecule has 0 radical (unpaired) electrons. The molecule has 2 aromatic rings. The summed E-state index contributed by atoms with van der Waals surface area (Å²) in [6, 6.07) is 6.96. The van der Waals surface area contributed by atoms with Crippen LogP contribution in [0.5, 0.6) is 0 Å². The molecule has 1 heterocycles. The van der Waals surface area contributed by atoms with Gasteiger partial charge in [0, 0.05) is 17.0 Å². The third kappa shape index (κ3) is 4.25. The number of ether oxygens (including phenoxy) is 1. The molecule has 0 spiro atoms. The van der Waals surface area contributed by atoms with Gasteiger partial charge >= 0.3 is 5.97 Å². The second-order valence-electron chi connectivity index (χ2n) is 3.99. The lowest BCUT2D eigenvalue weighted by Gasteiger charge is -2.05. The van der Waals surface area contributed by atoms with Crippen LogP contribution in [0.2, 0.25) is 0 Å². The van der Waals surface area contributed by atoms with Crippen molar-refractivity contribution in [3.05, 3.63) is 56.3 Å². The Bertz CT molecular complexity index is 673. The molecule has 1 aromatic carbocycles. The van der Waals surface area contributed by atoms with Crippen molar-refractivity contribution in [3.63, 3.8) is 0 Å². The van der Waals surface area contributed by atoms with Crippen LogP contribution < -0.4 is 0 Å². The van der Waals surface area contributed by atoms with Crippen molar-refractivity contribution in [2.45, 2.75) is 17.3 Å². The first-order chi connectivity index (χ1) is 10.5. The molecule has 22 heavy (non-hydrogen) atoms. The van der Waals surface area contributed by atoms with Crippen LogP contribution in [0.4, 0.5) is 14.5 Å². The number of nitro benzene ring substituents is 1. The minimum absolute atomic E-state index is 0.0658.